The lowest BCUT2D eigenvalue weighted by molar-refractivity contribution is 0.480. The van der Waals surface area contributed by atoms with Crippen LogP contribution in [0.15, 0.2) is 98.1 Å². The first kappa shape index (κ1) is 33.1. The fourth-order valence-corrected chi connectivity index (χ4v) is 8.25. The molecule has 0 spiro atoms. The summed E-state index contributed by atoms with van der Waals surface area (Å²) in [5.74, 6) is 0.430. The number of hydrogen-bond acceptors (Lipinski definition) is 7. The smallest absolute Gasteiger partial charge is 0.295 e. The maximum Gasteiger partial charge on any atom is 0.295 e. The van der Waals surface area contributed by atoms with Crippen LogP contribution < -0.4 is 10.7 Å². The zero-order valence-electron chi connectivity index (χ0n) is 27.2. The Morgan fingerprint density at radius 3 is 2.04 bits per heavy atom. The summed E-state index contributed by atoms with van der Waals surface area (Å²) in [6.45, 7) is 11.1. The topological polar surface area (TPSA) is 146 Å². The lowest BCUT2D eigenvalue weighted by Crippen LogP contribution is -2.08. The molecular formula is C37H34N2O7S2. The molecule has 2 aliphatic rings. The van der Waals surface area contributed by atoms with Gasteiger partial charge in [-0.3, -0.25) is 9.11 Å². The van der Waals surface area contributed by atoms with Crippen molar-refractivity contribution in [3.05, 3.63) is 118 Å². The van der Waals surface area contributed by atoms with E-state index in [1.165, 1.54) is 6.07 Å². The van der Waals surface area contributed by atoms with Gasteiger partial charge < -0.3 is 9.73 Å². The van der Waals surface area contributed by atoms with Crippen LogP contribution in [-0.4, -0.2) is 25.9 Å². The summed E-state index contributed by atoms with van der Waals surface area (Å²) in [6, 6.07) is 22.8. The summed E-state index contributed by atoms with van der Waals surface area (Å²) in [6.07, 6.45) is 0. The molecular weight excluding hydrogens is 649 g/mol. The van der Waals surface area contributed by atoms with Crippen molar-refractivity contribution in [3.8, 4) is 22.5 Å². The van der Waals surface area contributed by atoms with Gasteiger partial charge in [-0.2, -0.15) is 16.8 Å². The van der Waals surface area contributed by atoms with Crippen molar-refractivity contribution >= 4 is 48.3 Å². The Balaban J connectivity index is 1.62. The fraction of sp³-hybridized carbons (Fsp3) is 0.162. The molecule has 246 valence electrons. The van der Waals surface area contributed by atoms with Gasteiger partial charge in [0.05, 0.1) is 11.0 Å². The molecule has 0 amide bonds. The van der Waals surface area contributed by atoms with Crippen molar-refractivity contribution in [2.75, 3.05) is 5.32 Å². The van der Waals surface area contributed by atoms with Crippen molar-refractivity contribution in [1.29, 1.82) is 0 Å². The second-order valence-electron chi connectivity index (χ2n) is 12.1. The zero-order chi connectivity index (χ0) is 34.7. The van der Waals surface area contributed by atoms with Crippen LogP contribution in [0.2, 0.25) is 0 Å². The summed E-state index contributed by atoms with van der Waals surface area (Å²) >= 11 is 0. The predicted molar refractivity (Wildman–Crippen MR) is 188 cm³/mol. The van der Waals surface area contributed by atoms with E-state index in [0.29, 0.717) is 61.3 Å². The van der Waals surface area contributed by atoms with Gasteiger partial charge in [-0.15, -0.1) is 0 Å². The molecule has 0 saturated carbocycles. The molecule has 0 atom stereocenters. The highest BCUT2D eigenvalue weighted by Gasteiger charge is 2.24. The van der Waals surface area contributed by atoms with Crippen molar-refractivity contribution in [1.82, 2.24) is 0 Å². The monoisotopic (exact) mass is 682 g/mol. The molecule has 4 aromatic rings. The van der Waals surface area contributed by atoms with E-state index in [1.807, 2.05) is 39.8 Å². The van der Waals surface area contributed by atoms with E-state index in [9.17, 15) is 25.9 Å². The first-order valence-electron chi connectivity index (χ1n) is 15.1. The molecule has 0 radical (unpaired) electrons. The van der Waals surface area contributed by atoms with Crippen molar-refractivity contribution in [2.45, 2.75) is 51.3 Å². The summed E-state index contributed by atoms with van der Waals surface area (Å²) < 4.78 is 76.0. The molecule has 0 fully saturated rings. The van der Waals surface area contributed by atoms with E-state index in [4.69, 9.17) is 9.41 Å². The number of fused-ring (bicyclic) bond motifs is 2. The summed E-state index contributed by atoms with van der Waals surface area (Å²) in [7, 11) is -9.07. The molecule has 48 heavy (non-hydrogen) atoms. The molecule has 9 nitrogen and oxygen atoms in total. The van der Waals surface area contributed by atoms with Crippen LogP contribution in [0.3, 0.4) is 0 Å². The van der Waals surface area contributed by atoms with Crippen LogP contribution in [0.5, 0.6) is 0 Å². The standard InChI is InChI=1S/C37H34N2O7S2/c1-20-15-21(2)35(22(3)16-20)38-26-11-13-28-31(18-26)46-32-19-27(39-36-23(4)17-24(5)37(25(36)6)48(43,44)45)12-14-29(32)34(28)30-9-7-8-10-33(30)47(40,41)42/h7-19,39H,1-6H3,(H,40,41,42)(H,43,44,45). The summed E-state index contributed by atoms with van der Waals surface area (Å²) in [5.41, 5.74) is 8.50. The highest BCUT2D eigenvalue weighted by molar-refractivity contribution is 7.86. The van der Waals surface area contributed by atoms with E-state index < -0.39 is 20.2 Å². The number of hydrogen-bond donors (Lipinski definition) is 3. The molecule has 4 aromatic carbocycles. The number of aryl methyl sites for hydroxylation is 5. The van der Waals surface area contributed by atoms with Crippen molar-refractivity contribution in [2.24, 2.45) is 4.99 Å². The molecule has 1 aliphatic heterocycles. The Morgan fingerprint density at radius 1 is 0.688 bits per heavy atom. The molecule has 11 heteroatoms. The Morgan fingerprint density at radius 2 is 1.38 bits per heavy atom. The van der Waals surface area contributed by atoms with Crippen molar-refractivity contribution in [3.63, 3.8) is 0 Å². The molecule has 3 N–H and O–H groups in total. The van der Waals surface area contributed by atoms with Gasteiger partial charge in [0.1, 0.15) is 21.1 Å². The number of rotatable bonds is 6. The molecule has 0 aromatic heterocycles. The minimum absolute atomic E-state index is 0.161. The van der Waals surface area contributed by atoms with E-state index in [2.05, 4.69) is 17.4 Å². The quantitative estimate of drug-likeness (QED) is 0.117. The minimum Gasteiger partial charge on any atom is -0.456 e. The first-order valence-corrected chi connectivity index (χ1v) is 18.0. The minimum atomic E-state index is -4.59. The Bertz CT molecular complexity index is 2530. The van der Waals surface area contributed by atoms with Crippen LogP contribution >= 0.6 is 0 Å². The van der Waals surface area contributed by atoms with E-state index in [-0.39, 0.29) is 9.79 Å². The zero-order valence-corrected chi connectivity index (χ0v) is 28.8. The van der Waals surface area contributed by atoms with Gasteiger partial charge in [0.15, 0.2) is 0 Å². The largest absolute Gasteiger partial charge is 0.456 e. The van der Waals surface area contributed by atoms with E-state index in [0.717, 1.165) is 27.9 Å². The van der Waals surface area contributed by atoms with Crippen LogP contribution in [0.1, 0.15) is 33.4 Å². The van der Waals surface area contributed by atoms with Crippen LogP contribution in [0, 0.1) is 41.5 Å². The Labute approximate surface area is 279 Å². The third kappa shape index (κ3) is 6.13. The molecule has 0 bridgehead atoms. The van der Waals surface area contributed by atoms with Gasteiger partial charge in [0.25, 0.3) is 20.2 Å². The van der Waals surface area contributed by atoms with Crippen LogP contribution in [0.25, 0.3) is 33.4 Å². The lowest BCUT2D eigenvalue weighted by Gasteiger charge is -2.19. The first-order chi connectivity index (χ1) is 22.5. The normalized spacial score (nSPS) is 12.6. The Kier molecular flexibility index (Phi) is 8.29. The van der Waals surface area contributed by atoms with Gasteiger partial charge in [0, 0.05) is 45.6 Å². The van der Waals surface area contributed by atoms with Gasteiger partial charge in [-0.25, -0.2) is 4.99 Å². The van der Waals surface area contributed by atoms with Crippen LogP contribution in [-0.2, 0) is 20.2 Å². The van der Waals surface area contributed by atoms with E-state index >= 15 is 0 Å². The number of nitrogens with zero attached hydrogens (tertiary/aromatic N) is 1. The highest BCUT2D eigenvalue weighted by atomic mass is 32.2. The molecule has 1 aliphatic carbocycles. The van der Waals surface area contributed by atoms with Crippen molar-refractivity contribution < 1.29 is 30.4 Å². The van der Waals surface area contributed by atoms with Gasteiger partial charge in [0.2, 0.25) is 0 Å². The average molecular weight is 683 g/mol. The molecule has 0 saturated heterocycles. The second-order valence-corrected chi connectivity index (χ2v) is 14.9. The summed E-state index contributed by atoms with van der Waals surface area (Å²) in [5, 5.41) is 4.50. The number of benzene rings is 5. The van der Waals surface area contributed by atoms with Gasteiger partial charge in [-0.05, 0) is 99.7 Å². The van der Waals surface area contributed by atoms with Gasteiger partial charge >= 0.3 is 0 Å². The number of nitrogens with one attached hydrogen (secondary N) is 1. The fourth-order valence-electron chi connectivity index (χ4n) is 6.59. The third-order valence-corrected chi connectivity index (χ3v) is 10.5. The maximum atomic E-state index is 12.5. The highest BCUT2D eigenvalue weighted by Crippen LogP contribution is 2.43. The third-order valence-electron chi connectivity index (χ3n) is 8.44. The maximum absolute atomic E-state index is 12.5. The molecule has 6 rings (SSSR count). The average Bonchev–Trinajstić information content (AvgIpc) is 2.98. The SMILES string of the molecule is Cc1cc(C)c(N=c2ccc3c(-c4ccccc4S(=O)(=O)O)c4ccc(Nc5c(C)cc(C)c(S(=O)(=O)O)c5C)cc4oc-3c2)c(C)c1. The second kappa shape index (κ2) is 12.0. The lowest BCUT2D eigenvalue weighted by atomic mass is 9.93. The van der Waals surface area contributed by atoms with Gasteiger partial charge in [-0.1, -0.05) is 42.0 Å². The Hall–Kier alpha value is -4.81. The molecule has 0 unspecified atom stereocenters. The summed E-state index contributed by atoms with van der Waals surface area (Å²) in [4.78, 5) is 4.51. The number of anilines is 2. The molecule has 1 heterocycles. The van der Waals surface area contributed by atoms with Crippen LogP contribution in [0.4, 0.5) is 17.1 Å². The predicted octanol–water partition coefficient (Wildman–Crippen LogP) is 8.52. The van der Waals surface area contributed by atoms with E-state index in [1.54, 1.807) is 62.4 Å².